The zero-order valence-electron chi connectivity index (χ0n) is 38.4. The zero-order valence-corrected chi connectivity index (χ0v) is 39.3. The number of phosphoric acid groups is 1. The van der Waals surface area contributed by atoms with Crippen molar-refractivity contribution < 1.29 is 37.3 Å². The molecule has 0 aromatic rings. The third-order valence-electron chi connectivity index (χ3n) is 9.44. The summed E-state index contributed by atoms with van der Waals surface area (Å²) < 4.78 is 34.6. The van der Waals surface area contributed by atoms with E-state index in [2.05, 4.69) is 98.9 Å². The van der Waals surface area contributed by atoms with E-state index in [1.807, 2.05) is 21.1 Å². The number of likely N-dealkylation sites (N-methyl/N-ethyl adjacent to an activating group) is 1. The topological polar surface area (TPSA) is 94.1 Å². The fourth-order valence-corrected chi connectivity index (χ4v) is 6.63. The van der Waals surface area contributed by atoms with Gasteiger partial charge in [0.15, 0.2) is 0 Å². The number of hydrogen-bond acceptors (Lipinski definition) is 7. The highest BCUT2D eigenvalue weighted by molar-refractivity contribution is 7.45. The Morgan fingerprint density at radius 2 is 0.932 bits per heavy atom. The molecular formula is C50H88NO7P. The molecule has 0 aliphatic heterocycles. The van der Waals surface area contributed by atoms with Crippen molar-refractivity contribution in [3.05, 3.63) is 85.1 Å². The second-order valence-electron chi connectivity index (χ2n) is 16.3. The molecule has 0 radical (unpaired) electrons. The number of ether oxygens (including phenoxy) is 2. The number of esters is 1. The maximum absolute atomic E-state index is 12.7. The van der Waals surface area contributed by atoms with Crippen molar-refractivity contribution in [2.75, 3.05) is 54.1 Å². The highest BCUT2D eigenvalue weighted by atomic mass is 31.2. The van der Waals surface area contributed by atoms with Gasteiger partial charge >= 0.3 is 5.97 Å². The molecule has 0 saturated heterocycles. The third-order valence-corrected chi connectivity index (χ3v) is 10.4. The summed E-state index contributed by atoms with van der Waals surface area (Å²) in [6.07, 6.45) is 56.0. The van der Waals surface area contributed by atoms with Crippen molar-refractivity contribution in [1.29, 1.82) is 0 Å². The minimum Gasteiger partial charge on any atom is -0.756 e. The average Bonchev–Trinajstić information content (AvgIpc) is 3.19. The van der Waals surface area contributed by atoms with E-state index in [1.54, 1.807) is 0 Å². The quantitative estimate of drug-likeness (QED) is 0.0199. The van der Waals surface area contributed by atoms with Gasteiger partial charge in [0.1, 0.15) is 19.3 Å². The molecule has 2 unspecified atom stereocenters. The first kappa shape index (κ1) is 56.7. The highest BCUT2D eigenvalue weighted by Crippen LogP contribution is 2.38. The van der Waals surface area contributed by atoms with Gasteiger partial charge in [0.2, 0.25) is 0 Å². The van der Waals surface area contributed by atoms with Crippen LogP contribution in [-0.2, 0) is 27.9 Å². The second-order valence-corrected chi connectivity index (χ2v) is 17.8. The van der Waals surface area contributed by atoms with Gasteiger partial charge in [0.25, 0.3) is 7.82 Å². The number of allylic oxidation sites excluding steroid dienone is 14. The van der Waals surface area contributed by atoms with E-state index >= 15 is 0 Å². The molecule has 8 nitrogen and oxygen atoms in total. The molecule has 0 aromatic heterocycles. The monoisotopic (exact) mass is 846 g/mol. The first-order valence-corrected chi connectivity index (χ1v) is 24.8. The van der Waals surface area contributed by atoms with Crippen LogP contribution in [-0.4, -0.2) is 70.7 Å². The summed E-state index contributed by atoms with van der Waals surface area (Å²) in [5, 5.41) is 0. The Kier molecular flexibility index (Phi) is 40.7. The Hall–Kier alpha value is -2.32. The fourth-order valence-electron chi connectivity index (χ4n) is 5.90. The van der Waals surface area contributed by atoms with Crippen molar-refractivity contribution in [1.82, 2.24) is 0 Å². The molecule has 0 saturated carbocycles. The van der Waals surface area contributed by atoms with Gasteiger partial charge in [-0.15, -0.1) is 0 Å². The maximum atomic E-state index is 12.7. The van der Waals surface area contributed by atoms with Gasteiger partial charge in [-0.25, -0.2) is 0 Å². The van der Waals surface area contributed by atoms with Crippen LogP contribution in [0.1, 0.15) is 168 Å². The van der Waals surface area contributed by atoms with Crippen LogP contribution < -0.4 is 4.89 Å². The first-order chi connectivity index (χ1) is 28.6. The van der Waals surface area contributed by atoms with E-state index in [1.165, 1.54) is 51.4 Å². The molecule has 59 heavy (non-hydrogen) atoms. The van der Waals surface area contributed by atoms with Crippen LogP contribution in [0.2, 0.25) is 0 Å². The number of carbonyl (C=O) groups excluding carboxylic acids is 1. The average molecular weight is 846 g/mol. The molecule has 0 bridgehead atoms. The van der Waals surface area contributed by atoms with Gasteiger partial charge in [-0.1, -0.05) is 163 Å². The van der Waals surface area contributed by atoms with E-state index in [9.17, 15) is 14.3 Å². The van der Waals surface area contributed by atoms with Gasteiger partial charge < -0.3 is 27.9 Å². The lowest BCUT2D eigenvalue weighted by molar-refractivity contribution is -0.870. The number of hydrogen-bond donors (Lipinski definition) is 0. The van der Waals surface area contributed by atoms with E-state index < -0.39 is 13.9 Å². The van der Waals surface area contributed by atoms with Crippen molar-refractivity contribution in [3.8, 4) is 0 Å². The van der Waals surface area contributed by atoms with Crippen LogP contribution in [0, 0.1) is 0 Å². The summed E-state index contributed by atoms with van der Waals surface area (Å²) in [6.45, 7) is 5.13. The predicted molar refractivity (Wildman–Crippen MR) is 249 cm³/mol. The van der Waals surface area contributed by atoms with Gasteiger partial charge in [0.05, 0.1) is 34.4 Å². The van der Waals surface area contributed by atoms with E-state index in [4.69, 9.17) is 18.5 Å². The second kappa shape index (κ2) is 42.4. The Bertz CT molecular complexity index is 1210. The summed E-state index contributed by atoms with van der Waals surface area (Å²) in [4.78, 5) is 25.1. The lowest BCUT2D eigenvalue weighted by Crippen LogP contribution is -2.37. The molecule has 0 rings (SSSR count). The van der Waals surface area contributed by atoms with Crippen LogP contribution in [0.3, 0.4) is 0 Å². The van der Waals surface area contributed by atoms with Crippen molar-refractivity contribution in [3.63, 3.8) is 0 Å². The van der Waals surface area contributed by atoms with E-state index in [0.717, 1.165) is 96.3 Å². The standard InChI is InChI=1S/C50H88NO7P/c1-6-8-10-12-14-16-18-20-22-24-25-26-27-28-29-31-33-35-37-39-41-43-50(52)58-49(48-57-59(53,54)56-46-44-51(3,4)5)47-55-45-42-40-38-36-34-32-30-23-21-19-17-15-13-11-9-7-2/h8-11,14-17,20-23,25-26,49H,6-7,12-13,18-19,24,27-48H2,1-5H3/b10-8-,11-9-,16-14-,17-15-,22-20-,23-21-,26-25-. The predicted octanol–water partition coefficient (Wildman–Crippen LogP) is 13.4. The summed E-state index contributed by atoms with van der Waals surface area (Å²) in [5.74, 6) is -0.351. The molecule has 2 atom stereocenters. The number of unbranched alkanes of at least 4 members (excludes halogenated alkanes) is 14. The zero-order chi connectivity index (χ0) is 43.4. The summed E-state index contributed by atoms with van der Waals surface area (Å²) in [5.41, 5.74) is 0. The normalized spacial score (nSPS) is 14.5. The molecular weight excluding hydrogens is 758 g/mol. The first-order valence-electron chi connectivity index (χ1n) is 23.3. The number of quaternary nitrogens is 1. The van der Waals surface area contributed by atoms with Crippen LogP contribution in [0.15, 0.2) is 85.1 Å². The lowest BCUT2D eigenvalue weighted by atomic mass is 10.1. The molecule has 0 amide bonds. The fraction of sp³-hybridized carbons (Fsp3) is 0.700. The molecule has 0 spiro atoms. The maximum Gasteiger partial charge on any atom is 0.306 e. The highest BCUT2D eigenvalue weighted by Gasteiger charge is 2.20. The Balaban J connectivity index is 4.24. The SMILES string of the molecule is CC/C=C\C/C=C\C/C=C\C/C=C\CCCCCCCCCCC(=O)OC(COCCCCCCCC/C=C\C/C=C\C/C=C\CC)COP(=O)([O-])OCC[N+](C)(C)C. The van der Waals surface area contributed by atoms with Gasteiger partial charge in [0, 0.05) is 13.0 Å². The van der Waals surface area contributed by atoms with Crippen LogP contribution in [0.25, 0.3) is 0 Å². The molecule has 0 heterocycles. The largest absolute Gasteiger partial charge is 0.756 e. The Morgan fingerprint density at radius 1 is 0.525 bits per heavy atom. The summed E-state index contributed by atoms with van der Waals surface area (Å²) in [6, 6.07) is 0. The Labute approximate surface area is 363 Å². The van der Waals surface area contributed by atoms with Crippen molar-refractivity contribution >= 4 is 13.8 Å². The molecule has 0 aliphatic carbocycles. The number of carbonyl (C=O) groups is 1. The summed E-state index contributed by atoms with van der Waals surface area (Å²) in [7, 11) is 1.33. The van der Waals surface area contributed by atoms with Crippen molar-refractivity contribution in [2.45, 2.75) is 174 Å². The van der Waals surface area contributed by atoms with Gasteiger partial charge in [-0.3, -0.25) is 9.36 Å². The van der Waals surface area contributed by atoms with Crippen LogP contribution in [0.5, 0.6) is 0 Å². The van der Waals surface area contributed by atoms with Crippen LogP contribution in [0.4, 0.5) is 0 Å². The van der Waals surface area contributed by atoms with Gasteiger partial charge in [-0.2, -0.15) is 0 Å². The summed E-state index contributed by atoms with van der Waals surface area (Å²) >= 11 is 0. The smallest absolute Gasteiger partial charge is 0.306 e. The van der Waals surface area contributed by atoms with E-state index in [-0.39, 0.29) is 25.8 Å². The molecule has 340 valence electrons. The van der Waals surface area contributed by atoms with E-state index in [0.29, 0.717) is 24.1 Å². The van der Waals surface area contributed by atoms with Crippen LogP contribution >= 0.6 is 7.82 Å². The van der Waals surface area contributed by atoms with Crippen molar-refractivity contribution in [2.24, 2.45) is 0 Å². The third kappa shape index (κ3) is 46.6. The molecule has 0 fully saturated rings. The van der Waals surface area contributed by atoms with Gasteiger partial charge in [-0.05, 0) is 83.5 Å². The lowest BCUT2D eigenvalue weighted by Gasteiger charge is -2.28. The molecule has 0 N–H and O–H groups in total. The number of rotatable bonds is 42. The molecule has 9 heteroatoms. The number of phosphoric ester groups is 1. The minimum absolute atomic E-state index is 0.0169. The Morgan fingerprint density at radius 3 is 1.39 bits per heavy atom. The number of nitrogens with zero attached hydrogens (tertiary/aromatic N) is 1. The minimum atomic E-state index is -4.54. The molecule has 0 aromatic carbocycles. The molecule has 0 aliphatic rings.